The van der Waals surface area contributed by atoms with Gasteiger partial charge in [0.25, 0.3) is 6.43 Å². The van der Waals surface area contributed by atoms with Gasteiger partial charge < -0.3 is 0 Å². The van der Waals surface area contributed by atoms with Gasteiger partial charge in [-0.3, -0.25) is 0 Å². The van der Waals surface area contributed by atoms with E-state index in [-0.39, 0.29) is 18.9 Å². The molecule has 12 heavy (non-hydrogen) atoms. The molecule has 0 saturated heterocycles. The molecule has 0 aliphatic carbocycles. The fourth-order valence-electron chi connectivity index (χ4n) is 0.166. The van der Waals surface area contributed by atoms with E-state index in [2.05, 4.69) is 13.4 Å². The molecule has 0 atom stereocenters. The zero-order chi connectivity index (χ0) is 8.91. The van der Waals surface area contributed by atoms with Crippen molar-refractivity contribution in [2.75, 3.05) is 13.7 Å². The van der Waals surface area contributed by atoms with Gasteiger partial charge in [-0.1, -0.05) is 4.33 Å². The normalized spacial score (nSPS) is 11.3. The monoisotopic (exact) mass is 200 g/mol. The van der Waals surface area contributed by atoms with Crippen LogP contribution in [0, 0.1) is 0 Å². The van der Waals surface area contributed by atoms with Crippen molar-refractivity contribution in [2.24, 2.45) is 0 Å². The van der Waals surface area contributed by atoms with Crippen LogP contribution in [0.3, 0.4) is 0 Å². The molecule has 0 fully saturated rings. The first kappa shape index (κ1) is 14.8. The van der Waals surface area contributed by atoms with Gasteiger partial charge in [-0.15, -0.1) is 0 Å². The minimum atomic E-state index is -4.27. The van der Waals surface area contributed by atoms with Gasteiger partial charge in [-0.25, -0.2) is 17.9 Å². The second kappa shape index (κ2) is 6.77. The van der Waals surface area contributed by atoms with Crippen LogP contribution in [-0.2, 0) is 23.8 Å². The van der Waals surface area contributed by atoms with E-state index in [1.165, 1.54) is 0 Å². The fraction of sp³-hybridized carbons (Fsp3) is 1.00. The first-order valence-corrected chi connectivity index (χ1v) is 3.71. The first-order valence-electron chi connectivity index (χ1n) is 2.37. The first-order chi connectivity index (χ1) is 4.98. The van der Waals surface area contributed by atoms with Gasteiger partial charge in [-0.05, 0) is 0 Å². The molecule has 0 unspecified atom stereocenters. The SMILES string of the molecule is COS(=O)(=O)OOCC(F)F.[LiH]. The summed E-state index contributed by atoms with van der Waals surface area (Å²) in [6.45, 7) is -1.12. The molecule has 0 aromatic carbocycles. The summed E-state index contributed by atoms with van der Waals surface area (Å²) < 4.78 is 50.0. The van der Waals surface area contributed by atoms with Gasteiger partial charge in [0.2, 0.25) is 0 Å². The van der Waals surface area contributed by atoms with Crippen molar-refractivity contribution in [2.45, 2.75) is 6.43 Å². The zero-order valence-electron chi connectivity index (χ0n) is 5.49. The van der Waals surface area contributed by atoms with Crippen LogP contribution in [-0.4, -0.2) is 47.4 Å². The Labute approximate surface area is 80.4 Å². The van der Waals surface area contributed by atoms with Gasteiger partial charge in [0, 0.05) is 0 Å². The molecule has 0 amide bonds. The quantitative estimate of drug-likeness (QED) is 0.338. The summed E-state index contributed by atoms with van der Waals surface area (Å²) in [5.74, 6) is 0. The Hall–Kier alpha value is 0.287. The summed E-state index contributed by atoms with van der Waals surface area (Å²) >= 11 is 0. The van der Waals surface area contributed by atoms with Gasteiger partial charge >= 0.3 is 29.3 Å². The molecule has 0 aliphatic rings. The molecule has 0 N–H and O–H groups in total. The molecule has 0 aliphatic heterocycles. The predicted octanol–water partition coefficient (Wildman–Crippen LogP) is -0.558. The van der Waals surface area contributed by atoms with E-state index in [9.17, 15) is 17.2 Å². The van der Waals surface area contributed by atoms with Gasteiger partial charge in [0.05, 0.1) is 7.11 Å². The maximum absolute atomic E-state index is 11.3. The van der Waals surface area contributed by atoms with Crippen molar-refractivity contribution in [1.29, 1.82) is 0 Å². The van der Waals surface area contributed by atoms with Gasteiger partial charge in [0.1, 0.15) is 6.61 Å². The van der Waals surface area contributed by atoms with E-state index in [4.69, 9.17) is 0 Å². The topological polar surface area (TPSA) is 61.8 Å². The van der Waals surface area contributed by atoms with Crippen LogP contribution in [0.2, 0.25) is 0 Å². The van der Waals surface area contributed by atoms with Crippen molar-refractivity contribution >= 4 is 29.3 Å². The average molecular weight is 200 g/mol. The Morgan fingerprint density at radius 3 is 2.25 bits per heavy atom. The van der Waals surface area contributed by atoms with Crippen molar-refractivity contribution in [3.63, 3.8) is 0 Å². The predicted molar refractivity (Wildman–Crippen MR) is 36.1 cm³/mol. The second-order valence-corrected chi connectivity index (χ2v) is 2.60. The number of hydrogen-bond acceptors (Lipinski definition) is 5. The summed E-state index contributed by atoms with van der Waals surface area (Å²) in [7, 11) is -3.46. The molecule has 0 aromatic rings. The summed E-state index contributed by atoms with van der Waals surface area (Å²) in [6.07, 6.45) is -2.79. The van der Waals surface area contributed by atoms with Crippen LogP contribution in [0.25, 0.3) is 0 Å². The van der Waals surface area contributed by atoms with Crippen molar-refractivity contribution in [3.8, 4) is 0 Å². The van der Waals surface area contributed by atoms with E-state index < -0.39 is 23.4 Å². The number of rotatable bonds is 5. The number of alkyl halides is 2. The van der Waals surface area contributed by atoms with E-state index in [0.717, 1.165) is 7.11 Å². The van der Waals surface area contributed by atoms with Crippen LogP contribution < -0.4 is 0 Å². The van der Waals surface area contributed by atoms with Gasteiger partial charge in [0.15, 0.2) is 0 Å². The fourth-order valence-corrected chi connectivity index (χ4v) is 0.395. The van der Waals surface area contributed by atoms with Crippen LogP contribution in [0.15, 0.2) is 0 Å². The molecule has 0 spiro atoms. The molecule has 0 radical (unpaired) electrons. The third kappa shape index (κ3) is 8.38. The van der Waals surface area contributed by atoms with Crippen LogP contribution in [0.4, 0.5) is 8.78 Å². The molecule has 0 bridgehead atoms. The van der Waals surface area contributed by atoms with Crippen molar-refractivity contribution < 1.29 is 30.6 Å². The second-order valence-electron chi connectivity index (χ2n) is 1.32. The average Bonchev–Trinajstić information content (AvgIpc) is 1.87. The number of hydrogen-bond donors (Lipinski definition) is 0. The molecular weight excluding hydrogens is 193 g/mol. The van der Waals surface area contributed by atoms with Crippen molar-refractivity contribution in [3.05, 3.63) is 0 Å². The maximum atomic E-state index is 11.3. The van der Waals surface area contributed by atoms with Crippen LogP contribution >= 0.6 is 0 Å². The van der Waals surface area contributed by atoms with Crippen LogP contribution in [0.1, 0.15) is 0 Å². The van der Waals surface area contributed by atoms with E-state index in [1.807, 2.05) is 0 Å². The van der Waals surface area contributed by atoms with Crippen LogP contribution in [0.5, 0.6) is 0 Å². The standard InChI is InChI=1S/C3H6F2O5S.Li.H/c1-8-11(6,7)10-9-2-3(4)5;;/h3H,2H2,1H3;;. The van der Waals surface area contributed by atoms with Crippen molar-refractivity contribution in [1.82, 2.24) is 0 Å². The molecule has 0 rings (SSSR count). The molecule has 70 valence electrons. The Bertz CT molecular complexity index is 193. The third-order valence-electron chi connectivity index (χ3n) is 0.530. The Balaban J connectivity index is 0. The summed E-state index contributed by atoms with van der Waals surface area (Å²) in [5.41, 5.74) is 0. The van der Waals surface area contributed by atoms with Gasteiger partial charge in [-0.2, -0.15) is 8.42 Å². The Morgan fingerprint density at radius 2 is 1.92 bits per heavy atom. The molecule has 5 nitrogen and oxygen atoms in total. The summed E-state index contributed by atoms with van der Waals surface area (Å²) in [5, 5.41) is 0. The Morgan fingerprint density at radius 1 is 1.42 bits per heavy atom. The zero-order valence-corrected chi connectivity index (χ0v) is 6.31. The summed E-state index contributed by atoms with van der Waals surface area (Å²) in [4.78, 5) is 3.59. The van der Waals surface area contributed by atoms with E-state index in [0.29, 0.717) is 0 Å². The number of halogens is 2. The molecule has 0 aromatic heterocycles. The minimum absolute atomic E-state index is 0. The Kier molecular flexibility index (Phi) is 8.34. The molecular formula is C3H7F2LiO5S. The van der Waals surface area contributed by atoms with E-state index in [1.54, 1.807) is 0 Å². The molecule has 0 heterocycles. The third-order valence-corrected chi connectivity index (χ3v) is 1.20. The summed E-state index contributed by atoms with van der Waals surface area (Å²) in [6, 6.07) is 0. The van der Waals surface area contributed by atoms with E-state index >= 15 is 0 Å². The molecule has 9 heteroatoms. The molecule has 0 saturated carbocycles.